The van der Waals surface area contributed by atoms with Gasteiger partial charge < -0.3 is 14.2 Å². The monoisotopic (exact) mass is 440 g/mol. The Morgan fingerprint density at radius 1 is 1.13 bits per heavy atom. The van der Waals surface area contributed by atoms with E-state index in [0.717, 1.165) is 38.9 Å². The summed E-state index contributed by atoms with van der Waals surface area (Å²) < 4.78 is 45.8. The summed E-state index contributed by atoms with van der Waals surface area (Å²) in [6.45, 7) is 4.57. The molecule has 3 aliphatic heterocycles. The van der Waals surface area contributed by atoms with E-state index in [9.17, 15) is 13.6 Å². The third-order valence-electron chi connectivity index (χ3n) is 5.86. The quantitative estimate of drug-likeness (QED) is 0.629. The Kier molecular flexibility index (Phi) is 7.00. The van der Waals surface area contributed by atoms with Crippen LogP contribution in [0.1, 0.15) is 32.6 Å². The fourth-order valence-corrected chi connectivity index (χ4v) is 5.06. The van der Waals surface area contributed by atoms with Crippen LogP contribution in [-0.2, 0) is 19.0 Å². The third-order valence-corrected chi connectivity index (χ3v) is 7.23. The molecule has 0 radical (unpaired) electrons. The molecule has 1 amide bonds. The van der Waals surface area contributed by atoms with Crippen molar-refractivity contribution in [3.05, 3.63) is 23.5 Å². The number of amidine groups is 1. The van der Waals surface area contributed by atoms with Crippen LogP contribution in [0.3, 0.4) is 0 Å². The second-order valence-corrected chi connectivity index (χ2v) is 9.19. The highest BCUT2D eigenvalue weighted by molar-refractivity contribution is 8.00. The molecule has 4 rings (SSSR count). The van der Waals surface area contributed by atoms with Crippen molar-refractivity contribution in [2.75, 3.05) is 32.2 Å². The number of carbonyl (C=O) groups excluding carboxylic acids is 1. The molecular formula is C21H26F2N2O4S. The lowest BCUT2D eigenvalue weighted by atomic mass is 9.92. The van der Waals surface area contributed by atoms with Gasteiger partial charge in [-0.05, 0) is 38.5 Å². The molecule has 0 aromatic heterocycles. The highest BCUT2D eigenvalue weighted by Crippen LogP contribution is 2.36. The van der Waals surface area contributed by atoms with Gasteiger partial charge in [0.15, 0.2) is 17.4 Å². The Hall–Kier alpha value is -1.58. The zero-order valence-electron chi connectivity index (χ0n) is 16.9. The second kappa shape index (κ2) is 9.70. The predicted molar refractivity (Wildman–Crippen MR) is 111 cm³/mol. The average molecular weight is 441 g/mol. The fraction of sp³-hybridized carbons (Fsp3) is 0.667. The predicted octanol–water partition coefficient (Wildman–Crippen LogP) is 3.77. The maximum absolute atomic E-state index is 14.7. The van der Waals surface area contributed by atoms with Crippen LogP contribution in [0.4, 0.5) is 8.78 Å². The lowest BCUT2D eigenvalue weighted by molar-refractivity contribution is -0.119. The highest BCUT2D eigenvalue weighted by atomic mass is 32.2. The SMILES string of the molecule is CC(OC1=CC2=NC(CSC3CCOCC3)=NC(=O)C2C(F)=C1F)C1CCOCC1. The van der Waals surface area contributed by atoms with E-state index in [1.54, 1.807) is 11.8 Å². The topological polar surface area (TPSA) is 69.5 Å². The molecule has 0 aromatic carbocycles. The zero-order chi connectivity index (χ0) is 21.1. The molecule has 2 unspecified atom stereocenters. The van der Waals surface area contributed by atoms with Gasteiger partial charge in [-0.15, -0.1) is 0 Å². The molecule has 0 aromatic rings. The number of amides is 1. The van der Waals surface area contributed by atoms with E-state index in [0.29, 0.717) is 30.1 Å². The number of aliphatic imine (C=N–C) groups is 2. The first-order chi connectivity index (χ1) is 14.5. The number of ether oxygens (including phenoxy) is 3. The van der Waals surface area contributed by atoms with E-state index in [1.165, 1.54) is 6.08 Å². The largest absolute Gasteiger partial charge is 0.487 e. The van der Waals surface area contributed by atoms with E-state index >= 15 is 0 Å². The smallest absolute Gasteiger partial charge is 0.263 e. The van der Waals surface area contributed by atoms with Gasteiger partial charge in [-0.2, -0.15) is 21.1 Å². The summed E-state index contributed by atoms with van der Waals surface area (Å²) in [5.41, 5.74) is 0.158. The molecule has 0 N–H and O–H groups in total. The first kappa shape index (κ1) is 21.6. The Morgan fingerprint density at radius 2 is 1.80 bits per heavy atom. The van der Waals surface area contributed by atoms with Crippen LogP contribution in [0, 0.1) is 11.8 Å². The molecular weight excluding hydrogens is 414 g/mol. The summed E-state index contributed by atoms with van der Waals surface area (Å²) in [5.74, 6) is -3.65. The number of hydrogen-bond donors (Lipinski definition) is 0. The van der Waals surface area contributed by atoms with Gasteiger partial charge in [-0.1, -0.05) is 0 Å². The number of carbonyl (C=O) groups is 1. The van der Waals surface area contributed by atoms with Crippen molar-refractivity contribution in [2.24, 2.45) is 21.8 Å². The summed E-state index contributed by atoms with van der Waals surface area (Å²) in [6.07, 6.45) is 4.55. The van der Waals surface area contributed by atoms with Gasteiger partial charge in [-0.3, -0.25) is 4.79 Å². The van der Waals surface area contributed by atoms with E-state index < -0.39 is 23.5 Å². The number of fused-ring (bicyclic) bond motifs is 1. The minimum absolute atomic E-state index is 0.158. The molecule has 4 aliphatic rings. The maximum atomic E-state index is 14.7. The van der Waals surface area contributed by atoms with Crippen LogP contribution in [0.15, 0.2) is 33.5 Å². The minimum atomic E-state index is -1.41. The Balaban J connectivity index is 1.47. The molecule has 0 spiro atoms. The molecule has 2 atom stereocenters. The van der Waals surface area contributed by atoms with Crippen LogP contribution >= 0.6 is 11.8 Å². The molecule has 0 saturated carbocycles. The van der Waals surface area contributed by atoms with Crippen molar-refractivity contribution < 1.29 is 27.8 Å². The van der Waals surface area contributed by atoms with Crippen LogP contribution < -0.4 is 0 Å². The van der Waals surface area contributed by atoms with Crippen LogP contribution in [0.2, 0.25) is 0 Å². The van der Waals surface area contributed by atoms with E-state index in [2.05, 4.69) is 9.98 Å². The highest BCUT2D eigenvalue weighted by Gasteiger charge is 2.39. The number of allylic oxidation sites excluding steroid dienone is 2. The van der Waals surface area contributed by atoms with E-state index in [-0.39, 0.29) is 23.5 Å². The van der Waals surface area contributed by atoms with Gasteiger partial charge in [0, 0.05) is 37.8 Å². The van der Waals surface area contributed by atoms with Crippen molar-refractivity contribution >= 4 is 29.2 Å². The van der Waals surface area contributed by atoms with Gasteiger partial charge in [-0.25, -0.2) is 9.38 Å². The molecule has 164 valence electrons. The van der Waals surface area contributed by atoms with E-state index in [1.807, 2.05) is 6.92 Å². The molecule has 6 nitrogen and oxygen atoms in total. The molecule has 1 aliphatic carbocycles. The maximum Gasteiger partial charge on any atom is 0.263 e. The van der Waals surface area contributed by atoms with Crippen molar-refractivity contribution in [2.45, 2.75) is 44.0 Å². The first-order valence-corrected chi connectivity index (χ1v) is 11.5. The third kappa shape index (κ3) is 4.84. The van der Waals surface area contributed by atoms with Crippen LogP contribution in [0.5, 0.6) is 0 Å². The Bertz CT molecular complexity index is 799. The van der Waals surface area contributed by atoms with Crippen molar-refractivity contribution in [1.82, 2.24) is 0 Å². The number of halogens is 2. The van der Waals surface area contributed by atoms with Crippen LogP contribution in [-0.4, -0.2) is 61.0 Å². The lowest BCUT2D eigenvalue weighted by Gasteiger charge is -2.30. The number of thioether (sulfide) groups is 1. The fourth-order valence-electron chi connectivity index (χ4n) is 4.02. The number of nitrogens with zero attached hydrogens (tertiary/aromatic N) is 2. The summed E-state index contributed by atoms with van der Waals surface area (Å²) in [5, 5.41) is 0.421. The molecule has 30 heavy (non-hydrogen) atoms. The van der Waals surface area contributed by atoms with E-state index in [4.69, 9.17) is 14.2 Å². The number of hydrogen-bond acceptors (Lipinski definition) is 6. The normalized spacial score (nSPS) is 27.2. The van der Waals surface area contributed by atoms with Crippen molar-refractivity contribution in [1.29, 1.82) is 0 Å². The molecule has 2 saturated heterocycles. The number of rotatable bonds is 6. The van der Waals surface area contributed by atoms with Crippen LogP contribution in [0.25, 0.3) is 0 Å². The summed E-state index contributed by atoms with van der Waals surface area (Å²) in [4.78, 5) is 20.7. The van der Waals surface area contributed by atoms with Crippen molar-refractivity contribution in [3.8, 4) is 0 Å². The molecule has 3 heterocycles. The van der Waals surface area contributed by atoms with Gasteiger partial charge in [0.1, 0.15) is 11.8 Å². The minimum Gasteiger partial charge on any atom is -0.487 e. The zero-order valence-corrected chi connectivity index (χ0v) is 17.8. The molecule has 0 bridgehead atoms. The second-order valence-electron chi connectivity index (χ2n) is 7.90. The molecule has 2 fully saturated rings. The van der Waals surface area contributed by atoms with Gasteiger partial charge in [0.2, 0.25) is 0 Å². The summed E-state index contributed by atoms with van der Waals surface area (Å²) in [7, 11) is 0. The Labute approximate surface area is 178 Å². The summed E-state index contributed by atoms with van der Waals surface area (Å²) in [6, 6.07) is 0. The average Bonchev–Trinajstić information content (AvgIpc) is 2.76. The lowest BCUT2D eigenvalue weighted by Crippen LogP contribution is -2.33. The Morgan fingerprint density at radius 3 is 2.50 bits per heavy atom. The summed E-state index contributed by atoms with van der Waals surface area (Å²) >= 11 is 1.66. The standard InChI is InChI=1S/C21H26F2N2O4S/c1-12(13-2-6-27-7-3-13)29-16-10-15-18(20(23)19(16)22)21(26)25-17(24-15)11-30-14-4-8-28-9-5-14/h10,12-14,18H,2-9,11H2,1H3. The van der Waals surface area contributed by atoms with Gasteiger partial charge in [0.05, 0.1) is 17.6 Å². The van der Waals surface area contributed by atoms with Gasteiger partial charge >= 0.3 is 0 Å². The molecule has 9 heteroatoms. The van der Waals surface area contributed by atoms with Crippen molar-refractivity contribution in [3.63, 3.8) is 0 Å². The first-order valence-electron chi connectivity index (χ1n) is 10.4. The van der Waals surface area contributed by atoms with Gasteiger partial charge in [0.25, 0.3) is 5.91 Å².